The number of nitrogens with one attached hydrogen (secondary N) is 2. The average molecular weight is 279 g/mol. The zero-order valence-electron chi connectivity index (χ0n) is 10.8. The molecule has 0 atom stereocenters. The van der Waals surface area contributed by atoms with Gasteiger partial charge in [-0.3, -0.25) is 4.68 Å². The summed E-state index contributed by atoms with van der Waals surface area (Å²) in [7, 11) is 3.68. The van der Waals surface area contributed by atoms with Gasteiger partial charge >= 0.3 is 0 Å². The van der Waals surface area contributed by atoms with E-state index in [1.807, 2.05) is 11.7 Å². The van der Waals surface area contributed by atoms with E-state index in [0.717, 1.165) is 11.5 Å². The number of halogens is 1. The zero-order chi connectivity index (χ0) is 13.4. The fourth-order valence-corrected chi connectivity index (χ4v) is 2.09. The Morgan fingerprint density at radius 1 is 1.42 bits per heavy atom. The van der Waals surface area contributed by atoms with E-state index in [1.165, 1.54) is 12.8 Å². The Kier molecular flexibility index (Phi) is 3.02. The maximum Gasteiger partial charge on any atom is 0.230 e. The second-order valence-corrected chi connectivity index (χ2v) is 5.02. The Morgan fingerprint density at radius 3 is 2.89 bits per heavy atom. The van der Waals surface area contributed by atoms with Crippen molar-refractivity contribution in [3.8, 4) is 0 Å². The van der Waals surface area contributed by atoms with Gasteiger partial charge < -0.3 is 10.6 Å². The van der Waals surface area contributed by atoms with Crippen LogP contribution in [-0.4, -0.2) is 26.8 Å². The lowest BCUT2D eigenvalue weighted by molar-refractivity contribution is 0.750. The molecule has 0 aromatic carbocycles. The lowest BCUT2D eigenvalue weighted by atomic mass is 10.3. The summed E-state index contributed by atoms with van der Waals surface area (Å²) in [6.07, 6.45) is 4.04. The lowest BCUT2D eigenvalue weighted by Crippen LogP contribution is -2.04. The molecule has 1 aliphatic rings. The predicted molar refractivity (Wildman–Crippen MR) is 75.1 cm³/mol. The highest BCUT2D eigenvalue weighted by molar-refractivity contribution is 6.32. The van der Waals surface area contributed by atoms with Crippen LogP contribution in [0.5, 0.6) is 0 Å². The van der Waals surface area contributed by atoms with E-state index in [4.69, 9.17) is 11.6 Å². The van der Waals surface area contributed by atoms with E-state index in [-0.39, 0.29) is 0 Å². The van der Waals surface area contributed by atoms with Crippen LogP contribution in [0.15, 0.2) is 12.3 Å². The molecule has 3 rings (SSSR count). The van der Waals surface area contributed by atoms with Crippen LogP contribution >= 0.6 is 11.6 Å². The van der Waals surface area contributed by atoms with Crippen molar-refractivity contribution in [3.63, 3.8) is 0 Å². The zero-order valence-corrected chi connectivity index (χ0v) is 11.6. The van der Waals surface area contributed by atoms with Crippen LogP contribution in [0.4, 0.5) is 17.6 Å². The highest BCUT2D eigenvalue weighted by Gasteiger charge is 2.27. The Labute approximate surface area is 116 Å². The van der Waals surface area contributed by atoms with Gasteiger partial charge in [-0.2, -0.15) is 10.1 Å². The summed E-state index contributed by atoms with van der Waals surface area (Å²) >= 11 is 5.95. The molecule has 100 valence electrons. The minimum Gasteiger partial charge on any atom is -0.372 e. The third kappa shape index (κ3) is 2.49. The fraction of sp³-hybridized carbons (Fsp3) is 0.417. The Bertz CT molecular complexity index is 604. The summed E-state index contributed by atoms with van der Waals surface area (Å²) in [5.41, 5.74) is 1.13. The van der Waals surface area contributed by atoms with Crippen molar-refractivity contribution < 1.29 is 0 Å². The molecule has 0 bridgehead atoms. The summed E-state index contributed by atoms with van der Waals surface area (Å²) in [6, 6.07) is 2.05. The van der Waals surface area contributed by atoms with Crippen LogP contribution in [0, 0.1) is 0 Å². The summed E-state index contributed by atoms with van der Waals surface area (Å²) in [5.74, 6) is 2.61. The number of rotatable bonds is 4. The number of nitrogens with zero attached hydrogens (tertiary/aromatic N) is 4. The molecule has 6 nitrogen and oxygen atoms in total. The Balaban J connectivity index is 1.84. The Hall–Kier alpha value is -1.82. The van der Waals surface area contributed by atoms with Crippen molar-refractivity contribution in [2.75, 3.05) is 17.7 Å². The van der Waals surface area contributed by atoms with E-state index < -0.39 is 0 Å². The van der Waals surface area contributed by atoms with E-state index in [0.29, 0.717) is 22.7 Å². The molecule has 1 fully saturated rings. The first-order chi connectivity index (χ1) is 9.17. The van der Waals surface area contributed by atoms with Gasteiger partial charge in [0.05, 0.1) is 11.9 Å². The molecule has 2 N–H and O–H groups in total. The topological polar surface area (TPSA) is 67.7 Å². The van der Waals surface area contributed by atoms with Crippen LogP contribution in [0.2, 0.25) is 5.02 Å². The normalized spacial score (nSPS) is 14.5. The van der Waals surface area contributed by atoms with Gasteiger partial charge in [-0.05, 0) is 12.8 Å². The molecule has 0 aliphatic heterocycles. The molecule has 0 amide bonds. The average Bonchev–Trinajstić information content (AvgIpc) is 3.18. The van der Waals surface area contributed by atoms with Crippen LogP contribution < -0.4 is 10.6 Å². The summed E-state index contributed by atoms with van der Waals surface area (Å²) in [4.78, 5) is 8.45. The second kappa shape index (κ2) is 4.70. The van der Waals surface area contributed by atoms with E-state index in [9.17, 15) is 0 Å². The lowest BCUT2D eigenvalue weighted by Gasteiger charge is -2.07. The first-order valence-corrected chi connectivity index (χ1v) is 6.56. The third-order valence-electron chi connectivity index (χ3n) is 3.12. The van der Waals surface area contributed by atoms with Crippen molar-refractivity contribution in [2.45, 2.75) is 18.8 Å². The van der Waals surface area contributed by atoms with E-state index in [2.05, 4.69) is 31.8 Å². The molecule has 0 saturated heterocycles. The Morgan fingerprint density at radius 2 is 2.21 bits per heavy atom. The molecule has 7 heteroatoms. The van der Waals surface area contributed by atoms with Crippen molar-refractivity contribution in [2.24, 2.45) is 7.05 Å². The second-order valence-electron chi connectivity index (χ2n) is 4.62. The predicted octanol–water partition coefficient (Wildman–Crippen LogP) is 2.53. The van der Waals surface area contributed by atoms with Gasteiger partial charge in [-0.25, -0.2) is 4.98 Å². The van der Waals surface area contributed by atoms with Crippen molar-refractivity contribution in [3.05, 3.63) is 23.0 Å². The van der Waals surface area contributed by atoms with Gasteiger partial charge in [0.2, 0.25) is 5.95 Å². The summed E-state index contributed by atoms with van der Waals surface area (Å²) in [6.45, 7) is 0. The number of hydrogen-bond donors (Lipinski definition) is 2. The molecular weight excluding hydrogens is 264 g/mol. The number of hydrogen-bond acceptors (Lipinski definition) is 5. The smallest absolute Gasteiger partial charge is 0.230 e. The van der Waals surface area contributed by atoms with Gasteiger partial charge in [0, 0.05) is 26.1 Å². The fourth-order valence-electron chi connectivity index (χ4n) is 1.90. The minimum atomic E-state index is 0.497. The van der Waals surface area contributed by atoms with Gasteiger partial charge in [-0.15, -0.1) is 0 Å². The van der Waals surface area contributed by atoms with E-state index >= 15 is 0 Å². The van der Waals surface area contributed by atoms with Crippen LogP contribution in [-0.2, 0) is 7.05 Å². The molecule has 0 radical (unpaired) electrons. The minimum absolute atomic E-state index is 0.497. The standard InChI is InChI=1S/C12H15ClN6/c1-14-11-8(13)6-15-12(17-11)16-10-5-9(7-3-4-7)18-19(10)2/h5-7H,3-4H2,1-2H3,(H2,14,15,16,17). The molecule has 2 aromatic rings. The highest BCUT2D eigenvalue weighted by Crippen LogP contribution is 2.40. The van der Waals surface area contributed by atoms with E-state index in [1.54, 1.807) is 13.2 Å². The molecule has 2 aromatic heterocycles. The molecular formula is C12H15ClN6. The molecule has 0 spiro atoms. The molecule has 2 heterocycles. The third-order valence-corrected chi connectivity index (χ3v) is 3.39. The maximum absolute atomic E-state index is 5.95. The summed E-state index contributed by atoms with van der Waals surface area (Å²) < 4.78 is 1.81. The van der Waals surface area contributed by atoms with Gasteiger partial charge in [0.25, 0.3) is 0 Å². The van der Waals surface area contributed by atoms with Crippen LogP contribution in [0.1, 0.15) is 24.5 Å². The molecule has 1 saturated carbocycles. The van der Waals surface area contributed by atoms with Crippen molar-refractivity contribution >= 4 is 29.2 Å². The molecule has 1 aliphatic carbocycles. The SMILES string of the molecule is CNc1nc(Nc2cc(C3CC3)nn2C)ncc1Cl. The van der Waals surface area contributed by atoms with Crippen molar-refractivity contribution in [1.82, 2.24) is 19.7 Å². The van der Waals surface area contributed by atoms with Gasteiger partial charge in [0.1, 0.15) is 16.7 Å². The number of aryl methyl sites for hydroxylation is 1. The first kappa shape index (κ1) is 12.2. The number of anilines is 3. The van der Waals surface area contributed by atoms with Gasteiger partial charge in [-0.1, -0.05) is 11.6 Å². The quantitative estimate of drug-likeness (QED) is 0.899. The van der Waals surface area contributed by atoms with Gasteiger partial charge in [0.15, 0.2) is 0 Å². The highest BCUT2D eigenvalue weighted by atomic mass is 35.5. The molecule has 19 heavy (non-hydrogen) atoms. The maximum atomic E-state index is 5.95. The van der Waals surface area contributed by atoms with Crippen molar-refractivity contribution in [1.29, 1.82) is 0 Å². The number of aromatic nitrogens is 4. The summed E-state index contributed by atoms with van der Waals surface area (Å²) in [5, 5.41) is 11.1. The van der Waals surface area contributed by atoms with Crippen LogP contribution in [0.3, 0.4) is 0 Å². The largest absolute Gasteiger partial charge is 0.372 e. The molecule has 0 unspecified atom stereocenters. The van der Waals surface area contributed by atoms with Crippen LogP contribution in [0.25, 0.3) is 0 Å². The first-order valence-electron chi connectivity index (χ1n) is 6.18. The monoisotopic (exact) mass is 278 g/mol.